The monoisotopic (exact) mass is 554 g/mol. The van der Waals surface area contributed by atoms with Gasteiger partial charge in [-0.2, -0.15) is 0 Å². The van der Waals surface area contributed by atoms with E-state index in [9.17, 15) is 0 Å². The SMILES string of the molecule is CCOCC([Se]c1ccccc1)=C([Se]c1ccccc1)[Se]c1ccccc1. The molecule has 0 bridgehead atoms. The average molecular weight is 551 g/mol. The Hall–Kier alpha value is -1.08. The molecule has 0 aliphatic rings. The van der Waals surface area contributed by atoms with Crippen molar-refractivity contribution in [2.45, 2.75) is 6.92 Å². The van der Waals surface area contributed by atoms with Gasteiger partial charge in [0.25, 0.3) is 0 Å². The molecule has 138 valence electrons. The molecule has 3 aromatic carbocycles. The molecule has 4 heteroatoms. The molecule has 0 N–H and O–H groups in total. The van der Waals surface area contributed by atoms with Gasteiger partial charge in [-0.05, 0) is 0 Å². The van der Waals surface area contributed by atoms with Crippen molar-refractivity contribution in [1.29, 1.82) is 0 Å². The summed E-state index contributed by atoms with van der Waals surface area (Å²) in [6, 6.07) is 32.7. The molecule has 3 aromatic rings. The summed E-state index contributed by atoms with van der Waals surface area (Å²) in [5, 5.41) is 0. The first kappa shape index (κ1) is 20.6. The van der Waals surface area contributed by atoms with Crippen LogP contribution in [-0.2, 0) is 4.74 Å². The fourth-order valence-corrected chi connectivity index (χ4v) is 11.3. The van der Waals surface area contributed by atoms with E-state index in [1.807, 2.05) is 0 Å². The Balaban J connectivity index is 1.94. The van der Waals surface area contributed by atoms with Gasteiger partial charge in [0.1, 0.15) is 0 Å². The van der Waals surface area contributed by atoms with Gasteiger partial charge in [0, 0.05) is 0 Å². The van der Waals surface area contributed by atoms with E-state index in [1.165, 1.54) is 17.9 Å². The van der Waals surface area contributed by atoms with Gasteiger partial charge in [-0.25, -0.2) is 0 Å². The first-order valence-electron chi connectivity index (χ1n) is 8.84. The minimum atomic E-state index is 0.304. The number of ether oxygens (including phenoxy) is 1. The third kappa shape index (κ3) is 7.11. The number of rotatable bonds is 9. The predicted molar refractivity (Wildman–Crippen MR) is 119 cm³/mol. The first-order valence-corrected chi connectivity index (χ1v) is 14.0. The Kier molecular flexibility index (Phi) is 8.94. The molecule has 0 aliphatic carbocycles. The topological polar surface area (TPSA) is 9.23 Å². The van der Waals surface area contributed by atoms with Gasteiger partial charge < -0.3 is 0 Å². The van der Waals surface area contributed by atoms with E-state index in [0.29, 0.717) is 44.9 Å². The Bertz CT molecular complexity index is 790. The Morgan fingerprint density at radius 3 is 1.44 bits per heavy atom. The fraction of sp³-hybridized carbons (Fsp3) is 0.130. The second-order valence-electron chi connectivity index (χ2n) is 5.59. The molecule has 0 saturated carbocycles. The number of benzene rings is 3. The molecule has 0 spiro atoms. The molecule has 0 aromatic heterocycles. The van der Waals surface area contributed by atoms with Crippen molar-refractivity contribution in [2.24, 2.45) is 0 Å². The van der Waals surface area contributed by atoms with E-state index in [2.05, 4.69) is 97.9 Å². The zero-order chi connectivity index (χ0) is 18.7. The van der Waals surface area contributed by atoms with Crippen LogP contribution < -0.4 is 13.4 Å². The van der Waals surface area contributed by atoms with Gasteiger partial charge in [-0.15, -0.1) is 0 Å². The second kappa shape index (κ2) is 11.7. The van der Waals surface area contributed by atoms with Crippen LogP contribution in [0.25, 0.3) is 0 Å². The second-order valence-corrected chi connectivity index (χ2v) is 13.9. The van der Waals surface area contributed by atoms with Crippen molar-refractivity contribution in [2.75, 3.05) is 13.2 Å². The third-order valence-corrected chi connectivity index (χ3v) is 12.9. The van der Waals surface area contributed by atoms with Crippen molar-refractivity contribution in [1.82, 2.24) is 0 Å². The normalized spacial score (nSPS) is 10.6. The minimum absolute atomic E-state index is 0.304. The van der Waals surface area contributed by atoms with E-state index in [4.69, 9.17) is 4.74 Å². The summed E-state index contributed by atoms with van der Waals surface area (Å²) in [5.41, 5.74) is 0. The molecular weight excluding hydrogens is 529 g/mol. The molecule has 0 heterocycles. The van der Waals surface area contributed by atoms with E-state index in [1.54, 1.807) is 3.37 Å². The summed E-state index contributed by atoms with van der Waals surface area (Å²) < 4.78 is 13.3. The molecule has 0 unspecified atom stereocenters. The Morgan fingerprint density at radius 2 is 1.04 bits per heavy atom. The standard InChI is InChI=1S/C23H22OSe3/c1-2-24-18-22(25-19-12-6-3-7-13-19)23(26-20-14-8-4-9-15-20)27-21-16-10-5-11-17-21/h3-17H,2,18H2,1H3. The van der Waals surface area contributed by atoms with Crippen LogP contribution in [0.15, 0.2) is 98.8 Å². The fourth-order valence-electron chi connectivity index (χ4n) is 2.28. The van der Waals surface area contributed by atoms with Crippen LogP contribution in [0.5, 0.6) is 0 Å². The molecule has 3 rings (SSSR count). The molecule has 0 atom stereocenters. The maximum absolute atomic E-state index is 5.90. The van der Waals surface area contributed by atoms with Gasteiger partial charge in [0.2, 0.25) is 0 Å². The molecule has 0 aliphatic heterocycles. The van der Waals surface area contributed by atoms with Crippen LogP contribution in [0.3, 0.4) is 0 Å². The van der Waals surface area contributed by atoms with Gasteiger partial charge in [-0.1, -0.05) is 0 Å². The van der Waals surface area contributed by atoms with Gasteiger partial charge in [0.15, 0.2) is 0 Å². The molecule has 27 heavy (non-hydrogen) atoms. The van der Waals surface area contributed by atoms with Crippen molar-refractivity contribution >= 4 is 58.3 Å². The molecule has 0 fully saturated rings. The molecule has 0 radical (unpaired) electrons. The van der Waals surface area contributed by atoms with E-state index < -0.39 is 0 Å². The van der Waals surface area contributed by atoms with Crippen molar-refractivity contribution in [3.8, 4) is 0 Å². The summed E-state index contributed by atoms with van der Waals surface area (Å²) in [6.45, 7) is 3.60. The van der Waals surface area contributed by atoms with Crippen LogP contribution in [0.4, 0.5) is 0 Å². The zero-order valence-corrected chi connectivity index (χ0v) is 20.3. The van der Waals surface area contributed by atoms with E-state index in [-0.39, 0.29) is 0 Å². The van der Waals surface area contributed by atoms with Crippen LogP contribution in [-0.4, -0.2) is 58.1 Å². The quantitative estimate of drug-likeness (QED) is 0.371. The Morgan fingerprint density at radius 1 is 0.630 bits per heavy atom. The molecule has 0 saturated heterocycles. The van der Waals surface area contributed by atoms with Crippen molar-refractivity contribution in [3.63, 3.8) is 0 Å². The third-order valence-electron chi connectivity index (χ3n) is 3.56. The maximum atomic E-state index is 5.90. The van der Waals surface area contributed by atoms with Crippen LogP contribution >= 0.6 is 0 Å². The summed E-state index contributed by atoms with van der Waals surface area (Å²) >= 11 is 0.971. The molecule has 0 amide bonds. The van der Waals surface area contributed by atoms with Crippen molar-refractivity contribution < 1.29 is 4.74 Å². The molecular formula is C23H22OSe3. The van der Waals surface area contributed by atoms with Crippen LogP contribution in [0.1, 0.15) is 6.92 Å². The summed E-state index contributed by atoms with van der Waals surface area (Å²) in [7, 11) is 0. The van der Waals surface area contributed by atoms with Crippen LogP contribution in [0, 0.1) is 0 Å². The zero-order valence-electron chi connectivity index (χ0n) is 15.2. The Labute approximate surface area is 181 Å². The first-order chi connectivity index (χ1) is 13.3. The van der Waals surface area contributed by atoms with E-state index in [0.717, 1.165) is 13.2 Å². The summed E-state index contributed by atoms with van der Waals surface area (Å²) in [4.78, 5) is 0. The van der Waals surface area contributed by atoms with Crippen LogP contribution in [0.2, 0.25) is 0 Å². The summed E-state index contributed by atoms with van der Waals surface area (Å²) in [6.07, 6.45) is 0. The number of hydrogen-bond donors (Lipinski definition) is 0. The predicted octanol–water partition coefficient (Wildman–Crippen LogP) is 2.28. The van der Waals surface area contributed by atoms with E-state index >= 15 is 0 Å². The van der Waals surface area contributed by atoms with Gasteiger partial charge >= 0.3 is 182 Å². The molecule has 1 nitrogen and oxygen atoms in total. The van der Waals surface area contributed by atoms with Crippen molar-refractivity contribution in [3.05, 3.63) is 98.8 Å². The van der Waals surface area contributed by atoms with Gasteiger partial charge in [0.05, 0.1) is 0 Å². The van der Waals surface area contributed by atoms with Gasteiger partial charge in [-0.3, -0.25) is 0 Å². The number of hydrogen-bond acceptors (Lipinski definition) is 1. The average Bonchev–Trinajstić information content (AvgIpc) is 2.73. The summed E-state index contributed by atoms with van der Waals surface area (Å²) in [5.74, 6) is 0.